The highest BCUT2D eigenvalue weighted by molar-refractivity contribution is 5.41. The van der Waals surface area contributed by atoms with Crippen LogP contribution < -0.4 is 4.74 Å². The second-order valence-electron chi connectivity index (χ2n) is 3.32. The number of ether oxygens (including phenoxy) is 1. The zero-order valence-corrected chi connectivity index (χ0v) is 8.32. The molecular weight excluding hydrogens is 178 g/mol. The fraction of sp³-hybridized carbons (Fsp3) is 0.364. The summed E-state index contributed by atoms with van der Waals surface area (Å²) < 4.78 is 5.23. The Morgan fingerprint density at radius 2 is 2.21 bits per heavy atom. The SMILES string of the molecule is CC(C)c1cc(O)ccc1OCC#N. The molecule has 0 spiro atoms. The van der Waals surface area contributed by atoms with E-state index < -0.39 is 0 Å². The third-order valence-electron chi connectivity index (χ3n) is 1.91. The second kappa shape index (κ2) is 4.52. The van der Waals surface area contributed by atoms with E-state index in [1.54, 1.807) is 18.2 Å². The topological polar surface area (TPSA) is 53.2 Å². The van der Waals surface area contributed by atoms with Crippen LogP contribution in [0.4, 0.5) is 0 Å². The van der Waals surface area contributed by atoms with Crippen molar-refractivity contribution in [1.82, 2.24) is 0 Å². The van der Waals surface area contributed by atoms with Gasteiger partial charge in [-0.15, -0.1) is 0 Å². The molecule has 74 valence electrons. The number of benzene rings is 1. The molecule has 3 nitrogen and oxygen atoms in total. The Labute approximate surface area is 83.6 Å². The summed E-state index contributed by atoms with van der Waals surface area (Å²) in [5.74, 6) is 1.15. The minimum atomic E-state index is 0.0322. The summed E-state index contributed by atoms with van der Waals surface area (Å²) in [7, 11) is 0. The zero-order chi connectivity index (χ0) is 10.6. The van der Waals surface area contributed by atoms with E-state index in [0.29, 0.717) is 5.75 Å². The molecule has 0 aliphatic carbocycles. The van der Waals surface area contributed by atoms with Gasteiger partial charge in [0, 0.05) is 5.56 Å². The molecule has 0 atom stereocenters. The molecule has 0 aliphatic heterocycles. The molecule has 0 radical (unpaired) electrons. The van der Waals surface area contributed by atoms with E-state index >= 15 is 0 Å². The van der Waals surface area contributed by atoms with Crippen molar-refractivity contribution in [2.24, 2.45) is 0 Å². The van der Waals surface area contributed by atoms with Crippen molar-refractivity contribution in [3.8, 4) is 17.6 Å². The Balaban J connectivity index is 2.97. The fourth-order valence-corrected chi connectivity index (χ4v) is 1.23. The highest BCUT2D eigenvalue weighted by Crippen LogP contribution is 2.29. The van der Waals surface area contributed by atoms with Crippen LogP contribution >= 0.6 is 0 Å². The number of aromatic hydroxyl groups is 1. The third-order valence-corrected chi connectivity index (χ3v) is 1.91. The lowest BCUT2D eigenvalue weighted by atomic mass is 10.0. The molecule has 0 aromatic heterocycles. The van der Waals surface area contributed by atoms with Crippen LogP contribution in [0.3, 0.4) is 0 Å². The van der Waals surface area contributed by atoms with E-state index in [0.717, 1.165) is 5.56 Å². The maximum absolute atomic E-state index is 9.29. The van der Waals surface area contributed by atoms with Gasteiger partial charge in [0.05, 0.1) is 0 Å². The molecule has 1 N–H and O–H groups in total. The lowest BCUT2D eigenvalue weighted by Gasteiger charge is -2.12. The minimum Gasteiger partial charge on any atom is -0.508 e. The van der Waals surface area contributed by atoms with Crippen LogP contribution in [0, 0.1) is 11.3 Å². The Kier molecular flexibility index (Phi) is 3.35. The summed E-state index contributed by atoms with van der Waals surface area (Å²) in [6.07, 6.45) is 0. The summed E-state index contributed by atoms with van der Waals surface area (Å²) in [5.41, 5.74) is 0.917. The van der Waals surface area contributed by atoms with Gasteiger partial charge in [-0.2, -0.15) is 5.26 Å². The van der Waals surface area contributed by atoms with Crippen LogP contribution in [0.25, 0.3) is 0 Å². The number of hydrogen-bond acceptors (Lipinski definition) is 3. The lowest BCUT2D eigenvalue weighted by Crippen LogP contribution is -1.98. The summed E-state index contributed by atoms with van der Waals surface area (Å²) in [6.45, 7) is 4.05. The summed E-state index contributed by atoms with van der Waals surface area (Å²) in [5, 5.41) is 17.7. The first-order valence-corrected chi connectivity index (χ1v) is 4.47. The van der Waals surface area contributed by atoms with E-state index in [4.69, 9.17) is 10.00 Å². The monoisotopic (exact) mass is 191 g/mol. The largest absolute Gasteiger partial charge is 0.508 e. The van der Waals surface area contributed by atoms with Crippen molar-refractivity contribution < 1.29 is 9.84 Å². The highest BCUT2D eigenvalue weighted by atomic mass is 16.5. The molecule has 0 bridgehead atoms. The van der Waals surface area contributed by atoms with Gasteiger partial charge in [-0.05, 0) is 24.1 Å². The van der Waals surface area contributed by atoms with Gasteiger partial charge >= 0.3 is 0 Å². The molecule has 0 saturated heterocycles. The molecular formula is C11H13NO2. The van der Waals surface area contributed by atoms with Crippen molar-refractivity contribution in [2.45, 2.75) is 19.8 Å². The van der Waals surface area contributed by atoms with Gasteiger partial charge < -0.3 is 9.84 Å². The van der Waals surface area contributed by atoms with E-state index in [1.807, 2.05) is 19.9 Å². The predicted octanol–water partition coefficient (Wildman–Crippen LogP) is 2.42. The van der Waals surface area contributed by atoms with Crippen LogP contribution in [0.1, 0.15) is 25.3 Å². The van der Waals surface area contributed by atoms with Crippen LogP contribution in [-0.2, 0) is 0 Å². The average Bonchev–Trinajstić information content (AvgIpc) is 2.15. The van der Waals surface area contributed by atoms with Gasteiger partial charge in [0.25, 0.3) is 0 Å². The lowest BCUT2D eigenvalue weighted by molar-refractivity contribution is 0.361. The number of rotatable bonds is 3. The van der Waals surface area contributed by atoms with E-state index in [-0.39, 0.29) is 18.3 Å². The normalized spacial score (nSPS) is 9.86. The molecule has 0 saturated carbocycles. The van der Waals surface area contributed by atoms with Gasteiger partial charge in [0.2, 0.25) is 0 Å². The van der Waals surface area contributed by atoms with Gasteiger partial charge in [-0.1, -0.05) is 13.8 Å². The minimum absolute atomic E-state index is 0.0322. The Morgan fingerprint density at radius 3 is 2.79 bits per heavy atom. The van der Waals surface area contributed by atoms with Crippen molar-refractivity contribution >= 4 is 0 Å². The maximum atomic E-state index is 9.29. The first-order chi connectivity index (χ1) is 6.65. The third kappa shape index (κ3) is 2.40. The van der Waals surface area contributed by atoms with Crippen molar-refractivity contribution in [1.29, 1.82) is 5.26 Å². The Hall–Kier alpha value is -1.69. The summed E-state index contributed by atoms with van der Waals surface area (Å²) in [4.78, 5) is 0. The van der Waals surface area contributed by atoms with Gasteiger partial charge in [0.15, 0.2) is 6.61 Å². The number of phenols is 1. The van der Waals surface area contributed by atoms with Crippen LogP contribution in [0.2, 0.25) is 0 Å². The fourth-order valence-electron chi connectivity index (χ4n) is 1.23. The summed E-state index contributed by atoms with van der Waals surface area (Å²) >= 11 is 0. The number of nitrogens with zero attached hydrogens (tertiary/aromatic N) is 1. The summed E-state index contributed by atoms with van der Waals surface area (Å²) in [6, 6.07) is 6.81. The van der Waals surface area contributed by atoms with Gasteiger partial charge in [-0.25, -0.2) is 0 Å². The molecule has 1 rings (SSSR count). The number of phenolic OH excluding ortho intramolecular Hbond substituents is 1. The van der Waals surface area contributed by atoms with E-state index in [1.165, 1.54) is 0 Å². The molecule has 14 heavy (non-hydrogen) atoms. The molecule has 0 aliphatic rings. The number of nitriles is 1. The van der Waals surface area contributed by atoms with Crippen molar-refractivity contribution in [3.63, 3.8) is 0 Å². The second-order valence-corrected chi connectivity index (χ2v) is 3.32. The number of hydrogen-bond donors (Lipinski definition) is 1. The molecule has 3 heteroatoms. The maximum Gasteiger partial charge on any atom is 0.174 e. The molecule has 0 unspecified atom stereocenters. The average molecular weight is 191 g/mol. The van der Waals surface area contributed by atoms with Crippen LogP contribution in [0.15, 0.2) is 18.2 Å². The van der Waals surface area contributed by atoms with Crippen molar-refractivity contribution in [3.05, 3.63) is 23.8 Å². The molecule has 0 fully saturated rings. The first kappa shape index (κ1) is 10.4. The van der Waals surface area contributed by atoms with Crippen LogP contribution in [0.5, 0.6) is 11.5 Å². The zero-order valence-electron chi connectivity index (χ0n) is 8.32. The molecule has 1 aromatic rings. The predicted molar refractivity (Wildman–Crippen MR) is 53.3 cm³/mol. The van der Waals surface area contributed by atoms with Gasteiger partial charge in [0.1, 0.15) is 17.6 Å². The Bertz CT molecular complexity index is 353. The standard InChI is InChI=1S/C11H13NO2/c1-8(2)10-7-9(13)3-4-11(10)14-6-5-12/h3-4,7-8,13H,6H2,1-2H3. The Morgan fingerprint density at radius 1 is 1.50 bits per heavy atom. The van der Waals surface area contributed by atoms with Gasteiger partial charge in [-0.3, -0.25) is 0 Å². The molecule has 0 amide bonds. The van der Waals surface area contributed by atoms with Crippen molar-refractivity contribution in [2.75, 3.05) is 6.61 Å². The molecule has 0 heterocycles. The quantitative estimate of drug-likeness (QED) is 0.798. The van der Waals surface area contributed by atoms with Crippen LogP contribution in [-0.4, -0.2) is 11.7 Å². The first-order valence-electron chi connectivity index (χ1n) is 4.47. The highest BCUT2D eigenvalue weighted by Gasteiger charge is 2.08. The molecule has 1 aromatic carbocycles. The van der Waals surface area contributed by atoms with E-state index in [2.05, 4.69) is 0 Å². The smallest absolute Gasteiger partial charge is 0.174 e. The van der Waals surface area contributed by atoms with E-state index in [9.17, 15) is 5.11 Å².